The average Bonchev–Trinajstić information content (AvgIpc) is 3.06. The number of hydrogen-bond donors (Lipinski definition) is 3. The number of alkyl carbamates (subject to hydrolysis) is 2. The van der Waals surface area contributed by atoms with Gasteiger partial charge in [-0.15, -0.1) is 0 Å². The van der Waals surface area contributed by atoms with Gasteiger partial charge in [-0.2, -0.15) is 0 Å². The molecule has 0 aliphatic carbocycles. The summed E-state index contributed by atoms with van der Waals surface area (Å²) in [4.78, 5) is 75.1. The van der Waals surface area contributed by atoms with Gasteiger partial charge in [-0.05, 0) is 54.4 Å². The van der Waals surface area contributed by atoms with E-state index in [9.17, 15) is 28.8 Å². The van der Waals surface area contributed by atoms with Crippen molar-refractivity contribution in [3.05, 3.63) is 0 Å². The molecule has 0 saturated heterocycles. The smallest absolute Gasteiger partial charge is 0.407 e. The van der Waals surface area contributed by atoms with Crippen LogP contribution in [0.1, 0.15) is 171 Å². The summed E-state index contributed by atoms with van der Waals surface area (Å²) in [6, 6.07) is 0. The zero-order chi connectivity index (χ0) is 40.9. The Kier molecular flexibility index (Phi) is 26.9. The second kappa shape index (κ2) is 28.8. The first kappa shape index (κ1) is 50.4. The van der Waals surface area contributed by atoms with E-state index >= 15 is 0 Å². The molecule has 0 aromatic carbocycles. The van der Waals surface area contributed by atoms with Gasteiger partial charge in [0.2, 0.25) is 5.91 Å². The molecule has 0 unspecified atom stereocenters. The molecular formula is C40H73N3O11. The summed E-state index contributed by atoms with van der Waals surface area (Å²) in [5, 5.41) is 7.80. The first-order valence-corrected chi connectivity index (χ1v) is 20.1. The molecule has 0 aliphatic heterocycles. The molecule has 14 nitrogen and oxygen atoms in total. The Morgan fingerprint density at radius 3 is 1.15 bits per heavy atom. The summed E-state index contributed by atoms with van der Waals surface area (Å²) in [6.45, 7) is 12.8. The Bertz CT molecular complexity index is 1050. The van der Waals surface area contributed by atoms with Crippen molar-refractivity contribution in [2.45, 2.75) is 188 Å². The van der Waals surface area contributed by atoms with E-state index in [-0.39, 0.29) is 44.7 Å². The lowest BCUT2D eigenvalue weighted by Gasteiger charge is -2.33. The van der Waals surface area contributed by atoms with Crippen LogP contribution < -0.4 is 16.0 Å². The van der Waals surface area contributed by atoms with Crippen LogP contribution in [0, 0.1) is 0 Å². The summed E-state index contributed by atoms with van der Waals surface area (Å²) < 4.78 is 26.8. The highest BCUT2D eigenvalue weighted by molar-refractivity contribution is 5.77. The van der Waals surface area contributed by atoms with E-state index in [0.29, 0.717) is 12.8 Å². The van der Waals surface area contributed by atoms with Gasteiger partial charge < -0.3 is 39.6 Å². The number of rotatable bonds is 29. The molecule has 3 N–H and O–H groups in total. The average molecular weight is 772 g/mol. The van der Waals surface area contributed by atoms with E-state index in [4.69, 9.17) is 23.7 Å². The highest BCUT2D eigenvalue weighted by Crippen LogP contribution is 2.16. The molecule has 54 heavy (non-hydrogen) atoms. The van der Waals surface area contributed by atoms with Crippen LogP contribution in [-0.2, 0) is 42.9 Å². The molecule has 3 amide bonds. The van der Waals surface area contributed by atoms with Crippen LogP contribution in [0.25, 0.3) is 0 Å². The molecule has 0 rings (SSSR count). The number of unbranched alkanes of at least 4 members (excludes halogenated alkanes) is 12. The molecule has 0 bridgehead atoms. The zero-order valence-electron chi connectivity index (χ0n) is 34.8. The third kappa shape index (κ3) is 30.8. The van der Waals surface area contributed by atoms with E-state index in [1.165, 1.54) is 57.8 Å². The van der Waals surface area contributed by atoms with E-state index < -0.39 is 66.7 Å². The number of carbonyl (C=O) groups is 6. The van der Waals surface area contributed by atoms with Crippen LogP contribution >= 0.6 is 0 Å². The van der Waals surface area contributed by atoms with E-state index in [1.54, 1.807) is 41.5 Å². The third-order valence-electron chi connectivity index (χ3n) is 7.89. The van der Waals surface area contributed by atoms with Gasteiger partial charge >= 0.3 is 30.1 Å². The van der Waals surface area contributed by atoms with Crippen molar-refractivity contribution in [2.24, 2.45) is 0 Å². The van der Waals surface area contributed by atoms with Crippen LogP contribution in [0.4, 0.5) is 9.59 Å². The predicted molar refractivity (Wildman–Crippen MR) is 207 cm³/mol. The van der Waals surface area contributed by atoms with Crippen molar-refractivity contribution in [2.75, 3.05) is 32.9 Å². The fraction of sp³-hybridized carbons (Fsp3) is 0.850. The predicted octanol–water partition coefficient (Wildman–Crippen LogP) is 7.58. The maximum Gasteiger partial charge on any atom is 0.407 e. The second-order valence-electron chi connectivity index (χ2n) is 15.9. The quantitative estimate of drug-likeness (QED) is 0.0387. The normalized spacial score (nSPS) is 11.6. The summed E-state index contributed by atoms with van der Waals surface area (Å²) in [6.07, 6.45) is 14.1. The minimum Gasteiger partial charge on any atom is -0.463 e. The van der Waals surface area contributed by atoms with Gasteiger partial charge in [-0.3, -0.25) is 19.2 Å². The van der Waals surface area contributed by atoms with Crippen LogP contribution in [0.3, 0.4) is 0 Å². The maximum absolute atomic E-state index is 13.3. The molecule has 0 heterocycles. The highest BCUT2D eigenvalue weighted by Gasteiger charge is 2.37. The molecule has 314 valence electrons. The zero-order valence-corrected chi connectivity index (χ0v) is 34.8. The van der Waals surface area contributed by atoms with Crippen molar-refractivity contribution >= 4 is 36.0 Å². The number of carbonyl (C=O) groups excluding carboxylic acids is 6. The van der Waals surface area contributed by atoms with Crippen LogP contribution in [0.2, 0.25) is 0 Å². The summed E-state index contributed by atoms with van der Waals surface area (Å²) in [5.41, 5.74) is -3.03. The van der Waals surface area contributed by atoms with E-state index in [2.05, 4.69) is 22.9 Å². The Morgan fingerprint density at radius 2 is 0.796 bits per heavy atom. The molecular weight excluding hydrogens is 698 g/mol. The lowest BCUT2D eigenvalue weighted by atomic mass is 10.0. The Balaban J connectivity index is 5.40. The van der Waals surface area contributed by atoms with Crippen molar-refractivity contribution < 1.29 is 52.5 Å². The largest absolute Gasteiger partial charge is 0.463 e. The van der Waals surface area contributed by atoms with Crippen molar-refractivity contribution in [1.29, 1.82) is 0 Å². The summed E-state index contributed by atoms with van der Waals surface area (Å²) in [5.74, 6) is -2.34. The van der Waals surface area contributed by atoms with Crippen molar-refractivity contribution in [3.63, 3.8) is 0 Å². The van der Waals surface area contributed by atoms with Crippen molar-refractivity contribution in [3.8, 4) is 0 Å². The highest BCUT2D eigenvalue weighted by atomic mass is 16.6. The first-order valence-electron chi connectivity index (χ1n) is 20.1. The Labute approximate surface area is 324 Å². The van der Waals surface area contributed by atoms with Gasteiger partial charge in [0.25, 0.3) is 0 Å². The van der Waals surface area contributed by atoms with Crippen LogP contribution in [0.5, 0.6) is 0 Å². The molecule has 0 fully saturated rings. The number of amides is 3. The topological polar surface area (TPSA) is 185 Å². The number of hydrogen-bond acceptors (Lipinski definition) is 11. The fourth-order valence-electron chi connectivity index (χ4n) is 5.13. The maximum atomic E-state index is 13.3. The molecule has 14 heteroatoms. The van der Waals surface area contributed by atoms with Gasteiger partial charge in [0.15, 0.2) is 0 Å². The van der Waals surface area contributed by atoms with Crippen LogP contribution in [0.15, 0.2) is 0 Å². The van der Waals surface area contributed by atoms with Gasteiger partial charge in [-0.25, -0.2) is 9.59 Å². The Morgan fingerprint density at radius 1 is 0.444 bits per heavy atom. The lowest BCUT2D eigenvalue weighted by molar-refractivity contribution is -0.159. The SMILES string of the molecule is CCCCCCCCCCCCCCCC(=O)NC(COC(=O)CCC)(COC(=O)CCNC(=O)OC(C)(C)C)COC(=O)CCNC(=O)OC(C)(C)C. The molecule has 0 spiro atoms. The van der Waals surface area contributed by atoms with E-state index in [1.807, 2.05) is 6.92 Å². The molecule has 0 aromatic heterocycles. The molecule has 0 aromatic rings. The van der Waals surface area contributed by atoms with Crippen LogP contribution in [-0.4, -0.2) is 85.7 Å². The van der Waals surface area contributed by atoms with Gasteiger partial charge in [-0.1, -0.05) is 90.9 Å². The Hall–Kier alpha value is -3.58. The minimum atomic E-state index is -1.60. The minimum absolute atomic E-state index is 0.0721. The number of ether oxygens (including phenoxy) is 5. The summed E-state index contributed by atoms with van der Waals surface area (Å²) in [7, 11) is 0. The van der Waals surface area contributed by atoms with E-state index in [0.717, 1.165) is 19.3 Å². The monoisotopic (exact) mass is 772 g/mol. The molecule has 0 atom stereocenters. The number of esters is 3. The lowest BCUT2D eigenvalue weighted by Crippen LogP contribution is -2.59. The second-order valence-corrected chi connectivity index (χ2v) is 15.9. The first-order chi connectivity index (χ1) is 25.4. The van der Waals surface area contributed by atoms with Gasteiger partial charge in [0.05, 0.1) is 12.8 Å². The van der Waals surface area contributed by atoms with Gasteiger partial charge in [0.1, 0.15) is 36.6 Å². The molecule has 0 radical (unpaired) electrons. The number of nitrogens with one attached hydrogen (secondary N) is 3. The third-order valence-corrected chi connectivity index (χ3v) is 7.89. The van der Waals surface area contributed by atoms with Crippen molar-refractivity contribution in [1.82, 2.24) is 16.0 Å². The fourth-order valence-corrected chi connectivity index (χ4v) is 5.13. The summed E-state index contributed by atoms with van der Waals surface area (Å²) >= 11 is 0. The molecule has 0 saturated carbocycles. The standard InChI is InChI=1S/C40H73N3O11/c1-9-11-12-13-14-15-16-17-18-19-20-21-22-24-32(44)43-40(29-50-33(45)23-10-2,30-51-34(46)25-27-41-36(48)53-38(3,4)5)31-52-35(47)26-28-42-37(49)54-39(6,7)8/h9-31H2,1-8H3,(H,41,48)(H,42,49)(H,43,44). The van der Waals surface area contributed by atoms with Gasteiger partial charge in [0, 0.05) is 25.9 Å². The molecule has 0 aliphatic rings.